The number of hydrogen-bond donors (Lipinski definition) is 1. The highest BCUT2D eigenvalue weighted by atomic mass is 32.2. The molecule has 1 N–H and O–H groups in total. The molecule has 1 aromatic carbocycles. The van der Waals surface area contributed by atoms with Crippen LogP contribution >= 0.6 is 0 Å². The Balaban J connectivity index is 1.84. The van der Waals surface area contributed by atoms with Crippen LogP contribution in [0.3, 0.4) is 0 Å². The van der Waals surface area contributed by atoms with Gasteiger partial charge in [-0.05, 0) is 57.1 Å². The lowest BCUT2D eigenvalue weighted by Gasteiger charge is -2.19. The topological polar surface area (TPSA) is 69.7 Å². The Labute approximate surface area is 151 Å². The van der Waals surface area contributed by atoms with Gasteiger partial charge in [-0.2, -0.15) is 0 Å². The van der Waals surface area contributed by atoms with E-state index in [0.717, 1.165) is 30.4 Å². The van der Waals surface area contributed by atoms with Crippen molar-refractivity contribution in [3.05, 3.63) is 29.8 Å². The molecule has 1 aromatic rings. The zero-order valence-electron chi connectivity index (χ0n) is 15.2. The van der Waals surface area contributed by atoms with E-state index < -0.39 is 10.0 Å². The Kier molecular flexibility index (Phi) is 7.40. The highest BCUT2D eigenvalue weighted by Gasteiger charge is 2.18. The van der Waals surface area contributed by atoms with Crippen molar-refractivity contribution in [2.24, 2.45) is 0 Å². The SMILES string of the molecule is CN(C)S(=O)(=O)c1cccc(C(=O)NCCCN2CCCCCC2)c1. The van der Waals surface area contributed by atoms with Crippen LogP contribution in [0.25, 0.3) is 0 Å². The summed E-state index contributed by atoms with van der Waals surface area (Å²) in [5.74, 6) is -0.230. The van der Waals surface area contributed by atoms with Crippen molar-refractivity contribution in [3.63, 3.8) is 0 Å². The fourth-order valence-corrected chi connectivity index (χ4v) is 3.92. The van der Waals surface area contributed by atoms with Gasteiger partial charge in [0, 0.05) is 26.2 Å². The number of likely N-dealkylation sites (tertiary alicyclic amines) is 1. The van der Waals surface area contributed by atoms with Crippen LogP contribution in [0, 0.1) is 0 Å². The zero-order valence-corrected chi connectivity index (χ0v) is 16.0. The molecule has 1 aliphatic rings. The second-order valence-corrected chi connectivity index (χ2v) is 8.83. The maximum atomic E-state index is 12.3. The van der Waals surface area contributed by atoms with Crippen molar-refractivity contribution < 1.29 is 13.2 Å². The molecule has 2 rings (SSSR count). The first kappa shape index (κ1) is 19.9. The van der Waals surface area contributed by atoms with E-state index in [1.54, 1.807) is 12.1 Å². The van der Waals surface area contributed by atoms with Gasteiger partial charge in [0.05, 0.1) is 4.90 Å². The predicted molar refractivity (Wildman–Crippen MR) is 99.2 cm³/mol. The minimum atomic E-state index is -3.53. The van der Waals surface area contributed by atoms with E-state index in [-0.39, 0.29) is 10.8 Å². The molecule has 1 aliphatic heterocycles. The Bertz CT molecular complexity index is 666. The van der Waals surface area contributed by atoms with Crippen molar-refractivity contribution in [1.82, 2.24) is 14.5 Å². The van der Waals surface area contributed by atoms with E-state index in [1.165, 1.54) is 51.9 Å². The van der Waals surface area contributed by atoms with Gasteiger partial charge in [0.15, 0.2) is 0 Å². The van der Waals surface area contributed by atoms with Crippen LogP contribution in [-0.4, -0.2) is 63.8 Å². The second kappa shape index (κ2) is 9.31. The third kappa shape index (κ3) is 5.80. The molecule has 0 bridgehead atoms. The van der Waals surface area contributed by atoms with E-state index in [0.29, 0.717) is 12.1 Å². The Hall–Kier alpha value is -1.44. The fourth-order valence-electron chi connectivity index (χ4n) is 2.98. The van der Waals surface area contributed by atoms with Gasteiger partial charge in [-0.1, -0.05) is 18.9 Å². The molecule has 140 valence electrons. The molecule has 7 heteroatoms. The van der Waals surface area contributed by atoms with E-state index in [2.05, 4.69) is 10.2 Å². The van der Waals surface area contributed by atoms with Gasteiger partial charge >= 0.3 is 0 Å². The lowest BCUT2D eigenvalue weighted by atomic mass is 10.2. The summed E-state index contributed by atoms with van der Waals surface area (Å²) in [6, 6.07) is 6.17. The third-order valence-electron chi connectivity index (χ3n) is 4.51. The van der Waals surface area contributed by atoms with Crippen LogP contribution in [0.1, 0.15) is 42.5 Å². The maximum Gasteiger partial charge on any atom is 0.251 e. The van der Waals surface area contributed by atoms with Crippen molar-refractivity contribution in [1.29, 1.82) is 0 Å². The van der Waals surface area contributed by atoms with Gasteiger partial charge in [0.1, 0.15) is 0 Å². The molecule has 1 saturated heterocycles. The normalized spacial score (nSPS) is 16.6. The summed E-state index contributed by atoms with van der Waals surface area (Å²) >= 11 is 0. The van der Waals surface area contributed by atoms with Crippen LogP contribution in [0.5, 0.6) is 0 Å². The van der Waals surface area contributed by atoms with Gasteiger partial charge in [0.25, 0.3) is 5.91 Å². The van der Waals surface area contributed by atoms with Crippen LogP contribution in [0.15, 0.2) is 29.2 Å². The average molecular weight is 368 g/mol. The maximum absolute atomic E-state index is 12.3. The first-order valence-corrected chi connectivity index (χ1v) is 10.4. The van der Waals surface area contributed by atoms with E-state index in [4.69, 9.17) is 0 Å². The molecule has 0 radical (unpaired) electrons. The first-order valence-electron chi connectivity index (χ1n) is 8.94. The largest absolute Gasteiger partial charge is 0.352 e. The van der Waals surface area contributed by atoms with Crippen LogP contribution in [-0.2, 0) is 10.0 Å². The lowest BCUT2D eigenvalue weighted by Crippen LogP contribution is -2.30. The molecular formula is C18H29N3O3S. The molecule has 0 unspecified atom stereocenters. The van der Waals surface area contributed by atoms with Crippen molar-refractivity contribution in [2.75, 3.05) is 40.3 Å². The first-order chi connectivity index (χ1) is 11.9. The number of carbonyl (C=O) groups excluding carboxylic acids is 1. The highest BCUT2D eigenvalue weighted by molar-refractivity contribution is 7.89. The Morgan fingerprint density at radius 1 is 1.16 bits per heavy atom. The fraction of sp³-hybridized carbons (Fsp3) is 0.611. The van der Waals surface area contributed by atoms with E-state index in [1.807, 2.05) is 0 Å². The number of rotatable bonds is 7. The van der Waals surface area contributed by atoms with Crippen LogP contribution in [0.4, 0.5) is 0 Å². The minimum absolute atomic E-state index is 0.134. The Morgan fingerprint density at radius 2 is 1.84 bits per heavy atom. The van der Waals surface area contributed by atoms with Crippen molar-refractivity contribution in [2.45, 2.75) is 37.0 Å². The number of carbonyl (C=O) groups is 1. The summed E-state index contributed by atoms with van der Waals surface area (Å²) in [5, 5.41) is 2.89. The lowest BCUT2D eigenvalue weighted by molar-refractivity contribution is 0.0951. The third-order valence-corrected chi connectivity index (χ3v) is 6.32. The molecule has 1 heterocycles. The quantitative estimate of drug-likeness (QED) is 0.748. The van der Waals surface area contributed by atoms with Crippen molar-refractivity contribution in [3.8, 4) is 0 Å². The molecule has 0 atom stereocenters. The second-order valence-electron chi connectivity index (χ2n) is 6.68. The minimum Gasteiger partial charge on any atom is -0.352 e. The molecule has 0 aliphatic carbocycles. The predicted octanol–water partition coefficient (Wildman–Crippen LogP) is 1.93. The monoisotopic (exact) mass is 367 g/mol. The highest BCUT2D eigenvalue weighted by Crippen LogP contribution is 2.15. The molecule has 0 saturated carbocycles. The summed E-state index contributed by atoms with van der Waals surface area (Å²) < 4.78 is 25.5. The number of benzene rings is 1. The molecule has 1 amide bonds. The standard InChI is InChI=1S/C18H29N3O3S/c1-20(2)25(23,24)17-10-7-9-16(15-17)18(22)19-11-8-14-21-12-5-3-4-6-13-21/h7,9-10,15H,3-6,8,11-14H2,1-2H3,(H,19,22). The van der Waals surface area contributed by atoms with Crippen molar-refractivity contribution >= 4 is 15.9 Å². The summed E-state index contributed by atoms with van der Waals surface area (Å²) in [6.45, 7) is 3.89. The molecule has 25 heavy (non-hydrogen) atoms. The van der Waals surface area contributed by atoms with Gasteiger partial charge in [0.2, 0.25) is 10.0 Å². The smallest absolute Gasteiger partial charge is 0.251 e. The van der Waals surface area contributed by atoms with Crippen LogP contribution in [0.2, 0.25) is 0 Å². The number of sulfonamides is 1. The van der Waals surface area contributed by atoms with E-state index in [9.17, 15) is 13.2 Å². The molecule has 0 spiro atoms. The molecule has 1 fully saturated rings. The number of hydrogen-bond acceptors (Lipinski definition) is 4. The van der Waals surface area contributed by atoms with Gasteiger partial charge in [-0.25, -0.2) is 12.7 Å². The summed E-state index contributed by atoms with van der Waals surface area (Å²) in [7, 11) is -0.575. The average Bonchev–Trinajstić information content (AvgIpc) is 2.87. The van der Waals surface area contributed by atoms with Crippen LogP contribution < -0.4 is 5.32 Å². The zero-order chi connectivity index (χ0) is 18.3. The summed E-state index contributed by atoms with van der Waals surface area (Å²) in [6.07, 6.45) is 6.07. The summed E-state index contributed by atoms with van der Waals surface area (Å²) in [4.78, 5) is 14.9. The molecular weight excluding hydrogens is 338 g/mol. The number of nitrogens with zero attached hydrogens (tertiary/aromatic N) is 2. The number of amides is 1. The van der Waals surface area contributed by atoms with Gasteiger partial charge < -0.3 is 10.2 Å². The van der Waals surface area contributed by atoms with Gasteiger partial charge in [-0.3, -0.25) is 4.79 Å². The molecule has 6 nitrogen and oxygen atoms in total. The Morgan fingerprint density at radius 3 is 2.48 bits per heavy atom. The van der Waals surface area contributed by atoms with Gasteiger partial charge in [-0.15, -0.1) is 0 Å². The summed E-state index contributed by atoms with van der Waals surface area (Å²) in [5.41, 5.74) is 0.373. The number of nitrogens with one attached hydrogen (secondary N) is 1. The van der Waals surface area contributed by atoms with E-state index >= 15 is 0 Å². The molecule has 0 aromatic heterocycles.